The van der Waals surface area contributed by atoms with E-state index in [4.69, 9.17) is 0 Å². The van der Waals surface area contributed by atoms with Gasteiger partial charge in [0.15, 0.2) is 0 Å². The minimum Gasteiger partial charge on any atom is -0.370 e. The van der Waals surface area contributed by atoms with Crippen LogP contribution in [0.25, 0.3) is 0 Å². The van der Waals surface area contributed by atoms with Gasteiger partial charge in [-0.15, -0.1) is 0 Å². The number of amides is 2. The van der Waals surface area contributed by atoms with Crippen molar-refractivity contribution in [1.82, 2.24) is 5.32 Å². The maximum Gasteiger partial charge on any atom is 0.319 e. The molecule has 150 valence electrons. The van der Waals surface area contributed by atoms with Crippen molar-refractivity contribution in [3.05, 3.63) is 23.8 Å². The maximum atomic E-state index is 12.5. The van der Waals surface area contributed by atoms with Crippen molar-refractivity contribution in [3.63, 3.8) is 0 Å². The summed E-state index contributed by atoms with van der Waals surface area (Å²) in [6, 6.07) is 6.15. The van der Waals surface area contributed by atoms with Crippen LogP contribution < -0.4 is 15.5 Å². The van der Waals surface area contributed by atoms with Crippen molar-refractivity contribution in [2.24, 2.45) is 0 Å². The van der Waals surface area contributed by atoms with Crippen LogP contribution in [0.1, 0.15) is 50.5 Å². The third-order valence-electron chi connectivity index (χ3n) is 5.44. The number of nitrogens with zero attached hydrogens (tertiary/aromatic N) is 1. The lowest BCUT2D eigenvalue weighted by Crippen LogP contribution is -2.39. The number of rotatable bonds is 6. The first-order chi connectivity index (χ1) is 12.9. The monoisotopic (exact) mass is 393 g/mol. The highest BCUT2D eigenvalue weighted by Gasteiger charge is 2.22. The Balaban J connectivity index is 1.68. The molecule has 1 aromatic rings. The predicted molar refractivity (Wildman–Crippen MR) is 110 cm³/mol. The number of urea groups is 1. The number of carbonyl (C=O) groups excluding carboxylic acids is 1. The summed E-state index contributed by atoms with van der Waals surface area (Å²) in [5.74, 6) is 0.191. The standard InChI is InChI=1S/C20H31N3O3S/c1-27(25,26)15-7-14-23-13-6-9-16-8-5-12-18(19(16)23)22-20(24)21-17-10-3-2-4-11-17/h5,8,12,17H,2-4,6-7,9-11,13-15H2,1H3,(H2,21,22,24). The van der Waals surface area contributed by atoms with Gasteiger partial charge < -0.3 is 15.5 Å². The van der Waals surface area contributed by atoms with Crippen LogP contribution in [0.15, 0.2) is 18.2 Å². The molecule has 1 aliphatic carbocycles. The first-order valence-corrected chi connectivity index (χ1v) is 12.1. The van der Waals surface area contributed by atoms with Gasteiger partial charge in [-0.05, 0) is 43.7 Å². The summed E-state index contributed by atoms with van der Waals surface area (Å²) < 4.78 is 22.9. The second-order valence-electron chi connectivity index (χ2n) is 7.82. The van der Waals surface area contributed by atoms with E-state index in [2.05, 4.69) is 21.6 Å². The van der Waals surface area contributed by atoms with Crippen LogP contribution in [0, 0.1) is 0 Å². The number of fused-ring (bicyclic) bond motifs is 1. The Labute approximate surface area is 162 Å². The Hall–Kier alpha value is -1.76. The molecule has 27 heavy (non-hydrogen) atoms. The zero-order chi connectivity index (χ0) is 19.3. The fourth-order valence-corrected chi connectivity index (χ4v) is 4.82. The number of hydrogen-bond acceptors (Lipinski definition) is 4. The molecule has 1 aliphatic heterocycles. The highest BCUT2D eigenvalue weighted by atomic mass is 32.2. The fourth-order valence-electron chi connectivity index (χ4n) is 4.17. The molecule has 6 nitrogen and oxygen atoms in total. The zero-order valence-corrected chi connectivity index (χ0v) is 17.0. The van der Waals surface area contributed by atoms with Crippen molar-refractivity contribution >= 4 is 27.2 Å². The van der Waals surface area contributed by atoms with E-state index in [9.17, 15) is 13.2 Å². The lowest BCUT2D eigenvalue weighted by Gasteiger charge is -2.33. The molecular weight excluding hydrogens is 362 g/mol. The summed E-state index contributed by atoms with van der Waals surface area (Å²) in [6.45, 7) is 1.57. The molecule has 0 spiro atoms. The lowest BCUT2D eigenvalue weighted by atomic mass is 9.96. The Morgan fingerprint density at radius 2 is 1.96 bits per heavy atom. The number of benzene rings is 1. The normalized spacial score (nSPS) is 18.0. The quantitative estimate of drug-likeness (QED) is 0.777. The predicted octanol–water partition coefficient (Wildman–Crippen LogP) is 3.33. The van der Waals surface area contributed by atoms with Gasteiger partial charge in [-0.1, -0.05) is 31.4 Å². The summed E-state index contributed by atoms with van der Waals surface area (Å²) in [7, 11) is -2.95. The van der Waals surface area contributed by atoms with E-state index in [1.165, 1.54) is 31.1 Å². The topological polar surface area (TPSA) is 78.5 Å². The Morgan fingerprint density at radius 1 is 1.19 bits per heavy atom. The average molecular weight is 394 g/mol. The number of sulfone groups is 1. The minimum atomic E-state index is -2.95. The SMILES string of the molecule is CS(=O)(=O)CCCN1CCCc2cccc(NC(=O)NC3CCCCC3)c21. The molecule has 0 bridgehead atoms. The Morgan fingerprint density at radius 3 is 2.70 bits per heavy atom. The van der Waals surface area contributed by atoms with Gasteiger partial charge in [-0.3, -0.25) is 0 Å². The molecule has 7 heteroatoms. The second kappa shape index (κ2) is 8.95. The van der Waals surface area contributed by atoms with Gasteiger partial charge >= 0.3 is 6.03 Å². The molecule has 0 aromatic heterocycles. The summed E-state index contributed by atoms with van der Waals surface area (Å²) in [5, 5.41) is 6.15. The molecule has 1 saturated carbocycles. The van der Waals surface area contributed by atoms with E-state index in [1.807, 2.05) is 12.1 Å². The van der Waals surface area contributed by atoms with E-state index in [0.29, 0.717) is 13.0 Å². The van der Waals surface area contributed by atoms with Gasteiger partial charge in [0.05, 0.1) is 17.1 Å². The summed E-state index contributed by atoms with van der Waals surface area (Å²) in [5.41, 5.74) is 3.09. The van der Waals surface area contributed by atoms with Gasteiger partial charge in [0.2, 0.25) is 0 Å². The summed E-state index contributed by atoms with van der Waals surface area (Å²) >= 11 is 0. The van der Waals surface area contributed by atoms with E-state index in [1.54, 1.807) is 0 Å². The van der Waals surface area contributed by atoms with Crippen molar-refractivity contribution in [2.45, 2.75) is 57.4 Å². The van der Waals surface area contributed by atoms with Crippen LogP contribution in [0.4, 0.5) is 16.2 Å². The van der Waals surface area contributed by atoms with Crippen LogP contribution in [0.2, 0.25) is 0 Å². The number of hydrogen-bond donors (Lipinski definition) is 2. The van der Waals surface area contributed by atoms with E-state index in [0.717, 1.165) is 43.6 Å². The molecule has 1 heterocycles. The van der Waals surface area contributed by atoms with Gasteiger partial charge in [0.1, 0.15) is 9.84 Å². The lowest BCUT2D eigenvalue weighted by molar-refractivity contribution is 0.244. The zero-order valence-electron chi connectivity index (χ0n) is 16.2. The van der Waals surface area contributed by atoms with Gasteiger partial charge in [-0.2, -0.15) is 0 Å². The molecule has 2 aliphatic rings. The van der Waals surface area contributed by atoms with E-state index >= 15 is 0 Å². The number of carbonyl (C=O) groups is 1. The van der Waals surface area contributed by atoms with Crippen molar-refractivity contribution in [2.75, 3.05) is 35.3 Å². The van der Waals surface area contributed by atoms with Crippen LogP contribution in [-0.4, -0.2) is 45.6 Å². The fraction of sp³-hybridized carbons (Fsp3) is 0.650. The molecule has 2 amide bonds. The van der Waals surface area contributed by atoms with E-state index in [-0.39, 0.29) is 17.8 Å². The smallest absolute Gasteiger partial charge is 0.319 e. The van der Waals surface area contributed by atoms with Gasteiger partial charge in [-0.25, -0.2) is 13.2 Å². The number of para-hydroxylation sites is 1. The van der Waals surface area contributed by atoms with Crippen LogP contribution >= 0.6 is 0 Å². The number of nitrogens with one attached hydrogen (secondary N) is 2. The van der Waals surface area contributed by atoms with E-state index < -0.39 is 9.84 Å². The molecular formula is C20H31N3O3S. The molecule has 2 N–H and O–H groups in total. The van der Waals surface area contributed by atoms with Crippen molar-refractivity contribution in [1.29, 1.82) is 0 Å². The third-order valence-corrected chi connectivity index (χ3v) is 6.47. The third kappa shape index (κ3) is 5.86. The summed E-state index contributed by atoms with van der Waals surface area (Å²) in [6.07, 6.45) is 9.63. The molecule has 0 radical (unpaired) electrons. The Bertz CT molecular complexity index is 758. The largest absolute Gasteiger partial charge is 0.370 e. The molecule has 1 aromatic carbocycles. The molecule has 0 unspecified atom stereocenters. The molecule has 1 fully saturated rings. The van der Waals surface area contributed by atoms with Gasteiger partial charge in [0.25, 0.3) is 0 Å². The molecule has 3 rings (SSSR count). The van der Waals surface area contributed by atoms with Crippen molar-refractivity contribution < 1.29 is 13.2 Å². The summed E-state index contributed by atoms with van der Waals surface area (Å²) in [4.78, 5) is 14.7. The Kier molecular flexibility index (Phi) is 6.63. The molecule has 0 saturated heterocycles. The second-order valence-corrected chi connectivity index (χ2v) is 10.1. The number of aryl methyl sites for hydroxylation is 1. The van der Waals surface area contributed by atoms with Gasteiger partial charge in [0, 0.05) is 25.4 Å². The van der Waals surface area contributed by atoms with Crippen molar-refractivity contribution in [3.8, 4) is 0 Å². The van der Waals surface area contributed by atoms with Crippen LogP contribution in [0.3, 0.4) is 0 Å². The first-order valence-electron chi connectivity index (χ1n) is 10.0. The average Bonchev–Trinajstić information content (AvgIpc) is 2.61. The minimum absolute atomic E-state index is 0.142. The first kappa shape index (κ1) is 20.0. The maximum absolute atomic E-state index is 12.5. The highest BCUT2D eigenvalue weighted by molar-refractivity contribution is 7.90. The van der Waals surface area contributed by atoms with Crippen LogP contribution in [-0.2, 0) is 16.3 Å². The number of anilines is 2. The van der Waals surface area contributed by atoms with Crippen LogP contribution in [0.5, 0.6) is 0 Å². The molecule has 0 atom stereocenters. The highest BCUT2D eigenvalue weighted by Crippen LogP contribution is 2.34.